The van der Waals surface area contributed by atoms with Crippen LogP contribution in [0, 0.1) is 12.7 Å². The minimum Gasteiger partial charge on any atom is -0.478 e. The fourth-order valence-corrected chi connectivity index (χ4v) is 2.28. The van der Waals surface area contributed by atoms with Gasteiger partial charge in [-0.05, 0) is 36.8 Å². The summed E-state index contributed by atoms with van der Waals surface area (Å²) < 4.78 is 14.2. The third kappa shape index (κ3) is 3.28. The first-order chi connectivity index (χ1) is 9.90. The highest BCUT2D eigenvalue weighted by atomic mass is 79.9. The molecule has 2 aromatic carbocycles. The second-order valence-electron chi connectivity index (χ2n) is 4.38. The summed E-state index contributed by atoms with van der Waals surface area (Å²) in [6.07, 6.45) is 0. The molecule has 2 aromatic rings. The van der Waals surface area contributed by atoms with Gasteiger partial charge in [0, 0.05) is 4.47 Å². The monoisotopic (exact) mass is 351 g/mol. The van der Waals surface area contributed by atoms with E-state index < -0.39 is 17.7 Å². The van der Waals surface area contributed by atoms with Gasteiger partial charge in [0.1, 0.15) is 5.82 Å². The van der Waals surface area contributed by atoms with E-state index in [1.807, 2.05) is 0 Å². The van der Waals surface area contributed by atoms with E-state index in [9.17, 15) is 19.1 Å². The van der Waals surface area contributed by atoms with Crippen LogP contribution in [0.25, 0.3) is 0 Å². The van der Waals surface area contributed by atoms with Gasteiger partial charge in [-0.2, -0.15) is 0 Å². The van der Waals surface area contributed by atoms with Gasteiger partial charge >= 0.3 is 5.97 Å². The number of carbonyl (C=O) groups is 2. The van der Waals surface area contributed by atoms with Crippen LogP contribution in [0.2, 0.25) is 0 Å². The Morgan fingerprint density at radius 2 is 1.95 bits per heavy atom. The number of hydrogen-bond donors (Lipinski definition) is 2. The van der Waals surface area contributed by atoms with E-state index in [4.69, 9.17) is 0 Å². The molecule has 0 heterocycles. The van der Waals surface area contributed by atoms with E-state index in [1.54, 1.807) is 19.1 Å². The molecule has 2 N–H and O–H groups in total. The lowest BCUT2D eigenvalue weighted by atomic mass is 10.1. The maximum absolute atomic E-state index is 13.7. The summed E-state index contributed by atoms with van der Waals surface area (Å²) >= 11 is 3.16. The third-order valence-corrected chi connectivity index (χ3v) is 3.40. The third-order valence-electron chi connectivity index (χ3n) is 2.91. The molecule has 0 aliphatic heterocycles. The van der Waals surface area contributed by atoms with Gasteiger partial charge in [-0.1, -0.05) is 28.1 Å². The second kappa shape index (κ2) is 6.05. The Morgan fingerprint density at radius 3 is 2.62 bits per heavy atom. The Balaban J connectivity index is 2.39. The summed E-state index contributed by atoms with van der Waals surface area (Å²) in [6, 6.07) is 8.67. The standard InChI is InChI=1S/C15H11BrFNO3/c1-8-3-2-4-12(13(8)15(20)21)18-14(19)10-7-9(16)5-6-11(10)17/h2-7H,1H3,(H,18,19)(H,20,21). The summed E-state index contributed by atoms with van der Waals surface area (Å²) in [5.74, 6) is -2.54. The molecule has 0 spiro atoms. The van der Waals surface area contributed by atoms with Gasteiger partial charge < -0.3 is 10.4 Å². The molecule has 0 saturated heterocycles. The van der Waals surface area contributed by atoms with Crippen LogP contribution in [0.3, 0.4) is 0 Å². The van der Waals surface area contributed by atoms with Crippen molar-refractivity contribution in [1.29, 1.82) is 0 Å². The van der Waals surface area contributed by atoms with Gasteiger partial charge in [-0.15, -0.1) is 0 Å². The molecule has 0 fully saturated rings. The predicted molar refractivity (Wildman–Crippen MR) is 80.2 cm³/mol. The Hall–Kier alpha value is -2.21. The molecule has 2 rings (SSSR count). The van der Waals surface area contributed by atoms with Crippen molar-refractivity contribution in [2.45, 2.75) is 6.92 Å². The van der Waals surface area contributed by atoms with Crippen LogP contribution in [-0.2, 0) is 0 Å². The van der Waals surface area contributed by atoms with Gasteiger partial charge in [0.2, 0.25) is 0 Å². The van der Waals surface area contributed by atoms with Crippen molar-refractivity contribution >= 4 is 33.5 Å². The smallest absolute Gasteiger partial charge is 0.338 e. The van der Waals surface area contributed by atoms with E-state index in [0.29, 0.717) is 10.0 Å². The van der Waals surface area contributed by atoms with E-state index in [2.05, 4.69) is 21.2 Å². The van der Waals surface area contributed by atoms with Crippen molar-refractivity contribution < 1.29 is 19.1 Å². The van der Waals surface area contributed by atoms with Gasteiger partial charge in [0.15, 0.2) is 0 Å². The average Bonchev–Trinajstić information content (AvgIpc) is 2.41. The number of amides is 1. The molecule has 0 unspecified atom stereocenters. The van der Waals surface area contributed by atoms with Gasteiger partial charge in [0.05, 0.1) is 16.8 Å². The first-order valence-electron chi connectivity index (χ1n) is 5.99. The maximum Gasteiger partial charge on any atom is 0.338 e. The number of halogens is 2. The first kappa shape index (κ1) is 15.2. The van der Waals surface area contributed by atoms with Crippen LogP contribution < -0.4 is 5.32 Å². The van der Waals surface area contributed by atoms with Crippen LogP contribution in [0.5, 0.6) is 0 Å². The number of carboxylic acid groups (broad SMARTS) is 1. The highest BCUT2D eigenvalue weighted by Gasteiger charge is 2.17. The lowest BCUT2D eigenvalue weighted by Crippen LogP contribution is -2.17. The summed E-state index contributed by atoms with van der Waals surface area (Å²) in [5.41, 5.74) is 0.463. The number of nitrogens with one attached hydrogen (secondary N) is 1. The predicted octanol–water partition coefficient (Wildman–Crippen LogP) is 3.85. The molecule has 0 saturated carbocycles. The first-order valence-corrected chi connectivity index (χ1v) is 6.78. The highest BCUT2D eigenvalue weighted by molar-refractivity contribution is 9.10. The van der Waals surface area contributed by atoms with Crippen LogP contribution in [0.4, 0.5) is 10.1 Å². The minimum absolute atomic E-state index is 0.0127. The maximum atomic E-state index is 13.7. The number of rotatable bonds is 3. The van der Waals surface area contributed by atoms with Crippen LogP contribution in [-0.4, -0.2) is 17.0 Å². The number of carboxylic acids is 1. The Bertz CT molecular complexity index is 731. The summed E-state index contributed by atoms with van der Waals surface area (Å²) in [4.78, 5) is 23.4. The fourth-order valence-electron chi connectivity index (χ4n) is 1.92. The van der Waals surface area contributed by atoms with Crippen LogP contribution >= 0.6 is 15.9 Å². The topological polar surface area (TPSA) is 66.4 Å². The molecule has 21 heavy (non-hydrogen) atoms. The molecule has 4 nitrogen and oxygen atoms in total. The molecule has 108 valence electrons. The van der Waals surface area contributed by atoms with E-state index in [-0.39, 0.29) is 16.8 Å². The van der Waals surface area contributed by atoms with Crippen molar-refractivity contribution in [1.82, 2.24) is 0 Å². The largest absolute Gasteiger partial charge is 0.478 e. The molecular formula is C15H11BrFNO3. The number of aromatic carboxylic acids is 1. The molecule has 1 amide bonds. The Morgan fingerprint density at radius 1 is 1.24 bits per heavy atom. The molecular weight excluding hydrogens is 341 g/mol. The summed E-state index contributed by atoms with van der Waals surface area (Å²) in [6.45, 7) is 1.62. The zero-order valence-corrected chi connectivity index (χ0v) is 12.6. The lowest BCUT2D eigenvalue weighted by molar-refractivity contribution is 0.0697. The van der Waals surface area contributed by atoms with Crippen molar-refractivity contribution in [3.05, 3.63) is 63.4 Å². The normalized spacial score (nSPS) is 10.2. The molecule has 0 aliphatic rings. The number of hydrogen-bond acceptors (Lipinski definition) is 2. The molecule has 0 bridgehead atoms. The lowest BCUT2D eigenvalue weighted by Gasteiger charge is -2.11. The van der Waals surface area contributed by atoms with Crippen LogP contribution in [0.15, 0.2) is 40.9 Å². The number of aryl methyl sites for hydroxylation is 1. The fraction of sp³-hybridized carbons (Fsp3) is 0.0667. The Labute approximate surface area is 128 Å². The van der Waals surface area contributed by atoms with E-state index in [1.165, 1.54) is 18.2 Å². The number of benzene rings is 2. The number of carbonyl (C=O) groups excluding carboxylic acids is 1. The zero-order chi connectivity index (χ0) is 15.6. The SMILES string of the molecule is Cc1cccc(NC(=O)c2cc(Br)ccc2F)c1C(=O)O. The van der Waals surface area contributed by atoms with Crippen molar-refractivity contribution in [2.24, 2.45) is 0 Å². The van der Waals surface area contributed by atoms with Crippen molar-refractivity contribution in [3.63, 3.8) is 0 Å². The zero-order valence-electron chi connectivity index (χ0n) is 11.0. The summed E-state index contributed by atoms with van der Waals surface area (Å²) in [7, 11) is 0. The van der Waals surface area contributed by atoms with Gasteiger partial charge in [-0.3, -0.25) is 4.79 Å². The van der Waals surface area contributed by atoms with Crippen LogP contribution in [0.1, 0.15) is 26.3 Å². The average molecular weight is 352 g/mol. The van der Waals surface area contributed by atoms with Crippen molar-refractivity contribution in [3.8, 4) is 0 Å². The van der Waals surface area contributed by atoms with Gasteiger partial charge in [0.25, 0.3) is 5.91 Å². The molecule has 0 aliphatic carbocycles. The second-order valence-corrected chi connectivity index (χ2v) is 5.30. The Kier molecular flexibility index (Phi) is 4.37. The quantitative estimate of drug-likeness (QED) is 0.882. The van der Waals surface area contributed by atoms with Gasteiger partial charge in [-0.25, -0.2) is 9.18 Å². The van der Waals surface area contributed by atoms with E-state index in [0.717, 1.165) is 6.07 Å². The minimum atomic E-state index is -1.15. The van der Waals surface area contributed by atoms with Crippen molar-refractivity contribution in [2.75, 3.05) is 5.32 Å². The molecule has 0 aromatic heterocycles. The summed E-state index contributed by atoms with van der Waals surface area (Å²) in [5, 5.41) is 11.6. The van der Waals surface area contributed by atoms with E-state index >= 15 is 0 Å². The molecule has 0 atom stereocenters. The molecule has 0 radical (unpaired) electrons. The molecule has 6 heteroatoms. The highest BCUT2D eigenvalue weighted by Crippen LogP contribution is 2.22. The number of anilines is 1.